The molecular formula is C14H19N3O. The van der Waals surface area contributed by atoms with Crippen LogP contribution in [0.15, 0.2) is 36.7 Å². The zero-order valence-electron chi connectivity index (χ0n) is 10.9. The second-order valence-corrected chi connectivity index (χ2v) is 4.28. The monoisotopic (exact) mass is 245 g/mol. The third kappa shape index (κ3) is 3.34. The Morgan fingerprint density at radius 3 is 2.78 bits per heavy atom. The Hall–Kier alpha value is -1.81. The number of anilines is 2. The number of methoxy groups -OCH3 is 1. The van der Waals surface area contributed by atoms with Gasteiger partial charge >= 0.3 is 0 Å². The topological polar surface area (TPSA) is 39.1 Å². The molecule has 1 aromatic carbocycles. The molecular weight excluding hydrogens is 226 g/mol. The lowest BCUT2D eigenvalue weighted by molar-refractivity contribution is 0.190. The Morgan fingerprint density at radius 2 is 2.06 bits per heavy atom. The Kier molecular flexibility index (Phi) is 4.36. The molecule has 0 saturated heterocycles. The molecule has 0 amide bonds. The lowest BCUT2D eigenvalue weighted by Gasteiger charge is -2.09. The zero-order chi connectivity index (χ0) is 12.8. The van der Waals surface area contributed by atoms with Gasteiger partial charge in [-0.3, -0.25) is 0 Å². The van der Waals surface area contributed by atoms with Gasteiger partial charge in [0.05, 0.1) is 0 Å². The van der Waals surface area contributed by atoms with Crippen LogP contribution in [0.25, 0.3) is 0 Å². The van der Waals surface area contributed by atoms with Crippen LogP contribution in [0.3, 0.4) is 0 Å². The minimum atomic E-state index is 0.766. The Labute approximate surface area is 108 Å². The summed E-state index contributed by atoms with van der Waals surface area (Å²) >= 11 is 0. The first-order valence-electron chi connectivity index (χ1n) is 6.13. The van der Waals surface area contributed by atoms with Crippen molar-refractivity contribution in [2.75, 3.05) is 19.0 Å². The first-order chi connectivity index (χ1) is 8.79. The van der Waals surface area contributed by atoms with Crippen molar-refractivity contribution in [3.63, 3.8) is 0 Å². The summed E-state index contributed by atoms with van der Waals surface area (Å²) in [7, 11) is 1.72. The van der Waals surface area contributed by atoms with Crippen LogP contribution in [0.4, 0.5) is 11.6 Å². The maximum absolute atomic E-state index is 5.06. The average Bonchev–Trinajstić information content (AvgIpc) is 2.80. The molecule has 0 spiro atoms. The first-order valence-corrected chi connectivity index (χ1v) is 6.13. The fourth-order valence-corrected chi connectivity index (χ4v) is 1.76. The lowest BCUT2D eigenvalue weighted by atomic mass is 10.2. The van der Waals surface area contributed by atoms with Crippen molar-refractivity contribution in [3.8, 4) is 0 Å². The Bertz CT molecular complexity index is 476. The van der Waals surface area contributed by atoms with E-state index in [1.54, 1.807) is 7.11 Å². The normalized spacial score (nSPS) is 10.6. The van der Waals surface area contributed by atoms with Crippen molar-refractivity contribution in [2.24, 2.45) is 0 Å². The van der Waals surface area contributed by atoms with Crippen LogP contribution >= 0.6 is 0 Å². The lowest BCUT2D eigenvalue weighted by Crippen LogP contribution is -2.05. The Balaban J connectivity index is 2.00. The molecule has 2 aromatic rings. The van der Waals surface area contributed by atoms with Crippen LogP contribution in [0, 0.1) is 6.92 Å². The van der Waals surface area contributed by atoms with Gasteiger partial charge in [-0.15, -0.1) is 0 Å². The van der Waals surface area contributed by atoms with Gasteiger partial charge in [-0.25, -0.2) is 4.98 Å². The highest BCUT2D eigenvalue weighted by atomic mass is 16.5. The molecule has 0 atom stereocenters. The second kappa shape index (κ2) is 6.21. The predicted molar refractivity (Wildman–Crippen MR) is 73.2 cm³/mol. The highest BCUT2D eigenvalue weighted by molar-refractivity contribution is 5.53. The average molecular weight is 245 g/mol. The molecule has 1 heterocycles. The van der Waals surface area contributed by atoms with Crippen molar-refractivity contribution in [1.29, 1.82) is 0 Å². The number of hydrogen-bond acceptors (Lipinski definition) is 3. The molecule has 1 N–H and O–H groups in total. The van der Waals surface area contributed by atoms with Gasteiger partial charge in [-0.05, 0) is 25.5 Å². The number of nitrogens with zero attached hydrogens (tertiary/aromatic N) is 2. The maximum Gasteiger partial charge on any atom is 0.207 e. The maximum atomic E-state index is 5.06. The van der Waals surface area contributed by atoms with E-state index in [4.69, 9.17) is 4.74 Å². The molecule has 4 heteroatoms. The minimum Gasteiger partial charge on any atom is -0.385 e. The van der Waals surface area contributed by atoms with Gasteiger partial charge < -0.3 is 14.6 Å². The standard InChI is InChI=1S/C14H19N3O/c1-12-4-6-13(7-5-12)16-14-15-8-10-17(14)9-3-11-18-2/h4-8,10H,3,9,11H2,1-2H3,(H,15,16). The minimum absolute atomic E-state index is 0.766. The summed E-state index contributed by atoms with van der Waals surface area (Å²) in [6.45, 7) is 3.75. The van der Waals surface area contributed by atoms with Crippen LogP contribution in [0.5, 0.6) is 0 Å². The van der Waals surface area contributed by atoms with Crippen molar-refractivity contribution < 1.29 is 4.74 Å². The number of ether oxygens (including phenoxy) is 1. The number of benzene rings is 1. The fraction of sp³-hybridized carbons (Fsp3) is 0.357. The van der Waals surface area contributed by atoms with E-state index in [2.05, 4.69) is 46.1 Å². The number of aromatic nitrogens is 2. The summed E-state index contributed by atoms with van der Waals surface area (Å²) in [5, 5.41) is 3.32. The fourth-order valence-electron chi connectivity index (χ4n) is 1.76. The second-order valence-electron chi connectivity index (χ2n) is 4.28. The van der Waals surface area contributed by atoms with E-state index in [-0.39, 0.29) is 0 Å². The van der Waals surface area contributed by atoms with Gasteiger partial charge in [0, 0.05) is 38.3 Å². The molecule has 1 aromatic heterocycles. The van der Waals surface area contributed by atoms with Gasteiger partial charge in [0.2, 0.25) is 5.95 Å². The highest BCUT2D eigenvalue weighted by Crippen LogP contribution is 2.15. The summed E-state index contributed by atoms with van der Waals surface area (Å²) in [4.78, 5) is 4.32. The van der Waals surface area contributed by atoms with Crippen molar-refractivity contribution in [3.05, 3.63) is 42.2 Å². The van der Waals surface area contributed by atoms with Gasteiger partial charge in [-0.1, -0.05) is 17.7 Å². The predicted octanol–water partition coefficient (Wildman–Crippen LogP) is 2.97. The van der Waals surface area contributed by atoms with Crippen molar-refractivity contribution in [2.45, 2.75) is 19.9 Å². The number of hydrogen-bond donors (Lipinski definition) is 1. The van der Waals surface area contributed by atoms with Gasteiger partial charge in [0.25, 0.3) is 0 Å². The molecule has 0 radical (unpaired) electrons. The van der Waals surface area contributed by atoms with Crippen molar-refractivity contribution >= 4 is 11.6 Å². The quantitative estimate of drug-likeness (QED) is 0.795. The molecule has 0 fully saturated rings. The third-order valence-corrected chi connectivity index (χ3v) is 2.77. The van der Waals surface area contributed by atoms with Crippen LogP contribution in [0.2, 0.25) is 0 Å². The van der Waals surface area contributed by atoms with E-state index in [1.165, 1.54) is 5.56 Å². The summed E-state index contributed by atoms with van der Waals surface area (Å²) < 4.78 is 7.15. The number of rotatable bonds is 6. The molecule has 0 saturated carbocycles. The summed E-state index contributed by atoms with van der Waals surface area (Å²) in [6.07, 6.45) is 4.77. The largest absolute Gasteiger partial charge is 0.385 e. The van der Waals surface area contributed by atoms with Gasteiger partial charge in [-0.2, -0.15) is 0 Å². The molecule has 0 bridgehead atoms. The zero-order valence-corrected chi connectivity index (χ0v) is 10.9. The molecule has 0 unspecified atom stereocenters. The molecule has 4 nitrogen and oxygen atoms in total. The molecule has 0 aliphatic rings. The van der Waals surface area contributed by atoms with Crippen molar-refractivity contribution in [1.82, 2.24) is 9.55 Å². The van der Waals surface area contributed by atoms with E-state index >= 15 is 0 Å². The first kappa shape index (κ1) is 12.6. The van der Waals surface area contributed by atoms with Crippen LogP contribution in [0.1, 0.15) is 12.0 Å². The number of aryl methyl sites for hydroxylation is 2. The molecule has 18 heavy (non-hydrogen) atoms. The number of imidazole rings is 1. The summed E-state index contributed by atoms with van der Waals surface area (Å²) in [6, 6.07) is 8.29. The van der Waals surface area contributed by atoms with E-state index < -0.39 is 0 Å². The number of nitrogens with one attached hydrogen (secondary N) is 1. The van der Waals surface area contributed by atoms with E-state index in [1.807, 2.05) is 12.4 Å². The molecule has 2 rings (SSSR count). The van der Waals surface area contributed by atoms with Gasteiger partial charge in [0.15, 0.2) is 0 Å². The van der Waals surface area contributed by atoms with E-state index in [9.17, 15) is 0 Å². The van der Waals surface area contributed by atoms with Gasteiger partial charge in [0.1, 0.15) is 0 Å². The molecule has 0 aliphatic carbocycles. The van der Waals surface area contributed by atoms with Crippen LogP contribution in [-0.2, 0) is 11.3 Å². The SMILES string of the molecule is COCCCn1ccnc1Nc1ccc(C)cc1. The molecule has 0 aliphatic heterocycles. The van der Waals surface area contributed by atoms with E-state index in [0.29, 0.717) is 0 Å². The summed E-state index contributed by atoms with van der Waals surface area (Å²) in [5.41, 5.74) is 2.31. The van der Waals surface area contributed by atoms with Crippen LogP contribution < -0.4 is 5.32 Å². The van der Waals surface area contributed by atoms with Crippen LogP contribution in [-0.4, -0.2) is 23.3 Å². The smallest absolute Gasteiger partial charge is 0.207 e. The highest BCUT2D eigenvalue weighted by Gasteiger charge is 2.02. The van der Waals surface area contributed by atoms with E-state index in [0.717, 1.165) is 31.2 Å². The Morgan fingerprint density at radius 1 is 1.28 bits per heavy atom. The third-order valence-electron chi connectivity index (χ3n) is 2.77. The summed E-state index contributed by atoms with van der Waals surface area (Å²) in [5.74, 6) is 0.870. The molecule has 96 valence electrons.